The van der Waals surface area contributed by atoms with Crippen LogP contribution < -0.4 is 0 Å². The Kier molecular flexibility index (Phi) is 3.46. The van der Waals surface area contributed by atoms with Gasteiger partial charge in [-0.25, -0.2) is 0 Å². The third-order valence-corrected chi connectivity index (χ3v) is 3.16. The molecule has 0 aromatic rings. The van der Waals surface area contributed by atoms with E-state index in [4.69, 9.17) is 0 Å². The monoisotopic (exact) mass is 367 g/mol. The van der Waals surface area contributed by atoms with Gasteiger partial charge in [0.15, 0.2) is 0 Å². The number of hydrogen-bond acceptors (Lipinski definition) is 3. The van der Waals surface area contributed by atoms with Crippen LogP contribution in [0.15, 0.2) is 5.10 Å². The molecule has 1 amide bonds. The summed E-state index contributed by atoms with van der Waals surface area (Å²) in [5.74, 6) is -0.0359. The Labute approximate surface area is 97.8 Å². The van der Waals surface area contributed by atoms with Crippen molar-refractivity contribution in [3.63, 3.8) is 0 Å². The molecule has 79 valence electrons. The summed E-state index contributed by atoms with van der Waals surface area (Å²) in [4.78, 5) is 13.8. The Balaban J connectivity index is 0.000000980. The van der Waals surface area contributed by atoms with Crippen molar-refractivity contribution in [2.75, 3.05) is 13.6 Å². The minimum Gasteiger partial charge on any atom is -0.544 e. The number of carbonyl (C=O) groups excluding carboxylic acids is 1. The SMILES string of the molecule is CC1CC2(CC=N[N-]C2=O)CN1C.[Re]. The number of hydrogen-bond donors (Lipinski definition) is 0. The van der Waals surface area contributed by atoms with Gasteiger partial charge in [-0.2, -0.15) is 0 Å². The molecule has 0 aliphatic carbocycles. The van der Waals surface area contributed by atoms with Gasteiger partial charge in [-0.1, -0.05) is 0 Å². The maximum atomic E-state index is 11.6. The smallest absolute Gasteiger partial charge is 0.0758 e. The van der Waals surface area contributed by atoms with Crippen LogP contribution in [-0.2, 0) is 25.2 Å². The number of carbonyl (C=O) groups is 1. The minimum atomic E-state index is -0.254. The van der Waals surface area contributed by atoms with Crippen LogP contribution in [-0.4, -0.2) is 36.7 Å². The van der Waals surface area contributed by atoms with E-state index in [1.807, 2.05) is 0 Å². The van der Waals surface area contributed by atoms with E-state index >= 15 is 0 Å². The summed E-state index contributed by atoms with van der Waals surface area (Å²) < 4.78 is 0. The van der Waals surface area contributed by atoms with Crippen molar-refractivity contribution in [2.45, 2.75) is 25.8 Å². The molecule has 0 aromatic heterocycles. The summed E-state index contributed by atoms with van der Waals surface area (Å²) in [6, 6.07) is 0.477. The molecule has 2 heterocycles. The molecule has 2 rings (SSSR count). The Morgan fingerprint density at radius 2 is 2.43 bits per heavy atom. The van der Waals surface area contributed by atoms with Gasteiger partial charge in [0.25, 0.3) is 0 Å². The molecule has 14 heavy (non-hydrogen) atoms. The maximum Gasteiger partial charge on any atom is 0.0758 e. The zero-order chi connectivity index (χ0) is 9.47. The summed E-state index contributed by atoms with van der Waals surface area (Å²) in [7, 11) is 2.05. The minimum absolute atomic E-state index is 0. The Morgan fingerprint density at radius 1 is 1.71 bits per heavy atom. The first-order chi connectivity index (χ1) is 6.14. The Bertz CT molecular complexity index is 257. The predicted molar refractivity (Wildman–Crippen MR) is 50.6 cm³/mol. The van der Waals surface area contributed by atoms with Crippen molar-refractivity contribution in [1.29, 1.82) is 0 Å². The number of likely N-dealkylation sites (tertiary alicyclic amines) is 1. The van der Waals surface area contributed by atoms with E-state index in [2.05, 4.69) is 29.4 Å². The van der Waals surface area contributed by atoms with Gasteiger partial charge < -0.3 is 20.2 Å². The van der Waals surface area contributed by atoms with Crippen LogP contribution in [0.25, 0.3) is 5.43 Å². The average molecular weight is 366 g/mol. The Morgan fingerprint density at radius 3 is 2.93 bits per heavy atom. The topological polar surface area (TPSA) is 46.8 Å². The quantitative estimate of drug-likeness (QED) is 0.642. The van der Waals surface area contributed by atoms with Crippen molar-refractivity contribution in [3.8, 4) is 0 Å². The molecule has 2 aliphatic heterocycles. The van der Waals surface area contributed by atoms with E-state index in [0.29, 0.717) is 6.04 Å². The molecular formula is C9H14N3ORe-. The van der Waals surface area contributed by atoms with Crippen molar-refractivity contribution < 1.29 is 25.2 Å². The van der Waals surface area contributed by atoms with Crippen molar-refractivity contribution in [1.82, 2.24) is 4.90 Å². The predicted octanol–water partition coefficient (Wildman–Crippen LogP) is 0.984. The summed E-state index contributed by atoms with van der Waals surface area (Å²) in [5.41, 5.74) is 3.38. The zero-order valence-electron chi connectivity index (χ0n) is 8.40. The first kappa shape index (κ1) is 11.8. The van der Waals surface area contributed by atoms with Crippen LogP contribution in [0.4, 0.5) is 0 Å². The molecule has 1 fully saturated rings. The van der Waals surface area contributed by atoms with E-state index in [-0.39, 0.29) is 31.7 Å². The molecular weight excluding hydrogens is 352 g/mol. The summed E-state index contributed by atoms with van der Waals surface area (Å²) in [6.45, 7) is 2.97. The van der Waals surface area contributed by atoms with E-state index in [1.54, 1.807) is 6.21 Å². The maximum absolute atomic E-state index is 11.6. The second-order valence-corrected chi connectivity index (χ2v) is 4.16. The standard InChI is InChI=1S/C9H15N3O.Re/c1-7-5-9(6-12(7)2)3-4-10-11-8(9)13;/h4,7H,3,5-6H2,1-2H3,(H,11,13);/p-1. The normalized spacial score (nSPS) is 37.0. The van der Waals surface area contributed by atoms with Crippen LogP contribution >= 0.6 is 0 Å². The second-order valence-electron chi connectivity index (χ2n) is 4.16. The first-order valence-electron chi connectivity index (χ1n) is 4.61. The van der Waals surface area contributed by atoms with Crippen molar-refractivity contribution in [3.05, 3.63) is 5.43 Å². The Hall–Kier alpha value is -0.238. The van der Waals surface area contributed by atoms with E-state index in [0.717, 1.165) is 19.4 Å². The molecule has 2 atom stereocenters. The molecule has 2 aliphatic rings. The van der Waals surface area contributed by atoms with Gasteiger partial charge in [0.2, 0.25) is 0 Å². The third kappa shape index (κ3) is 1.77. The van der Waals surface area contributed by atoms with Gasteiger partial charge >= 0.3 is 0 Å². The fraction of sp³-hybridized carbons (Fsp3) is 0.778. The molecule has 1 spiro atoms. The second kappa shape index (κ2) is 4.10. The van der Waals surface area contributed by atoms with Crippen molar-refractivity contribution >= 4 is 12.1 Å². The molecule has 1 radical (unpaired) electrons. The average Bonchev–Trinajstić information content (AvgIpc) is 2.36. The summed E-state index contributed by atoms with van der Waals surface area (Å²) >= 11 is 0. The van der Waals surface area contributed by atoms with Gasteiger partial charge in [-0.3, -0.25) is 0 Å². The summed E-state index contributed by atoms with van der Waals surface area (Å²) in [6.07, 6.45) is 3.43. The molecule has 0 aromatic carbocycles. The van der Waals surface area contributed by atoms with Crippen LogP contribution in [0.5, 0.6) is 0 Å². The summed E-state index contributed by atoms with van der Waals surface area (Å²) in [5, 5.41) is 3.66. The van der Waals surface area contributed by atoms with Crippen LogP contribution in [0, 0.1) is 5.41 Å². The molecule has 0 N–H and O–H groups in total. The number of amides is 1. The molecule has 4 nitrogen and oxygen atoms in total. The molecule has 0 saturated carbocycles. The van der Waals surface area contributed by atoms with Gasteiger partial charge in [0.1, 0.15) is 0 Å². The zero-order valence-corrected chi connectivity index (χ0v) is 11.1. The van der Waals surface area contributed by atoms with Gasteiger partial charge in [0, 0.05) is 38.4 Å². The van der Waals surface area contributed by atoms with E-state index in [1.165, 1.54) is 0 Å². The molecule has 1 saturated heterocycles. The largest absolute Gasteiger partial charge is 0.544 e. The first-order valence-corrected chi connectivity index (χ1v) is 4.61. The third-order valence-electron chi connectivity index (χ3n) is 3.16. The molecule has 2 unspecified atom stereocenters. The van der Waals surface area contributed by atoms with Crippen LogP contribution in [0.2, 0.25) is 0 Å². The number of rotatable bonds is 0. The molecule has 5 heteroatoms. The van der Waals surface area contributed by atoms with Gasteiger partial charge in [0.05, 0.1) is 5.91 Å². The van der Waals surface area contributed by atoms with Crippen molar-refractivity contribution in [2.24, 2.45) is 10.5 Å². The fourth-order valence-corrected chi connectivity index (χ4v) is 2.22. The van der Waals surface area contributed by atoms with Gasteiger partial charge in [-0.05, 0) is 33.0 Å². The fourth-order valence-electron chi connectivity index (χ4n) is 2.22. The van der Waals surface area contributed by atoms with E-state index < -0.39 is 0 Å². The molecule has 0 bridgehead atoms. The van der Waals surface area contributed by atoms with E-state index in [9.17, 15) is 4.79 Å². The van der Waals surface area contributed by atoms with Gasteiger partial charge in [-0.15, -0.1) is 0 Å². The number of nitrogens with zero attached hydrogens (tertiary/aromatic N) is 3. The van der Waals surface area contributed by atoms with Crippen LogP contribution in [0.3, 0.4) is 0 Å². The van der Waals surface area contributed by atoms with Crippen LogP contribution in [0.1, 0.15) is 19.8 Å².